The van der Waals surface area contributed by atoms with Crippen LogP contribution in [0.1, 0.15) is 36.8 Å². The normalized spacial score (nSPS) is 25.5. The Labute approximate surface area is 136 Å². The maximum Gasteiger partial charge on any atom is 0.272 e. The molecule has 0 aliphatic carbocycles. The number of rotatable bonds is 2. The van der Waals surface area contributed by atoms with E-state index in [1.54, 1.807) is 28.9 Å². The number of likely N-dealkylation sites (tertiary alicyclic amines) is 1. The number of fused-ring (bicyclic) bond motifs is 1. The summed E-state index contributed by atoms with van der Waals surface area (Å²) in [7, 11) is 1.79. The number of carbonyl (C=O) groups is 2. The molecule has 2 aliphatic rings. The van der Waals surface area contributed by atoms with Crippen molar-refractivity contribution in [3.8, 4) is 0 Å². The lowest BCUT2D eigenvalue weighted by Gasteiger charge is -2.37. The van der Waals surface area contributed by atoms with E-state index in [0.717, 1.165) is 6.42 Å². The van der Waals surface area contributed by atoms with Crippen molar-refractivity contribution >= 4 is 11.8 Å². The molecule has 0 radical (unpaired) electrons. The van der Waals surface area contributed by atoms with Crippen LogP contribution in [-0.2, 0) is 9.53 Å². The summed E-state index contributed by atoms with van der Waals surface area (Å²) in [5, 5.41) is 4.24. The summed E-state index contributed by atoms with van der Waals surface area (Å²) in [6.45, 7) is 6.07. The minimum absolute atomic E-state index is 0.00729. The molecule has 2 amide bonds. The molecule has 0 spiro atoms. The molecule has 0 unspecified atom stereocenters. The fraction of sp³-hybridized carbons (Fsp3) is 0.688. The Balaban J connectivity index is 1.74. The molecule has 0 bridgehead atoms. The highest BCUT2D eigenvalue weighted by Crippen LogP contribution is 2.25. The standard InChI is InChI=1S/C16H24N4O3/c1-11(2)20-13(4-6-17-20)16(22)19-7-5-14-12(9-19)8-18(3)15(21)10-23-14/h4,6,11-12,14H,5,7-10H2,1-3H3/t12-,14-/m0/s1. The summed E-state index contributed by atoms with van der Waals surface area (Å²) in [6.07, 6.45) is 2.50. The van der Waals surface area contributed by atoms with Crippen LogP contribution in [0, 0.1) is 5.92 Å². The van der Waals surface area contributed by atoms with Gasteiger partial charge in [-0.3, -0.25) is 14.3 Å². The largest absolute Gasteiger partial charge is 0.368 e. The van der Waals surface area contributed by atoms with Crippen molar-refractivity contribution in [2.45, 2.75) is 32.4 Å². The molecule has 2 aliphatic heterocycles. The van der Waals surface area contributed by atoms with Crippen LogP contribution in [0.4, 0.5) is 0 Å². The number of piperidine rings is 1. The van der Waals surface area contributed by atoms with Crippen LogP contribution < -0.4 is 0 Å². The molecular weight excluding hydrogens is 296 g/mol. The van der Waals surface area contributed by atoms with Gasteiger partial charge < -0.3 is 14.5 Å². The maximum atomic E-state index is 12.8. The van der Waals surface area contributed by atoms with Crippen LogP contribution in [0.5, 0.6) is 0 Å². The molecule has 126 valence electrons. The van der Waals surface area contributed by atoms with Gasteiger partial charge in [0.15, 0.2) is 0 Å². The van der Waals surface area contributed by atoms with Crippen molar-refractivity contribution < 1.29 is 14.3 Å². The molecule has 0 N–H and O–H groups in total. The topological polar surface area (TPSA) is 67.7 Å². The first-order chi connectivity index (χ1) is 11.0. The predicted octanol–water partition coefficient (Wildman–Crippen LogP) is 0.783. The zero-order valence-electron chi connectivity index (χ0n) is 13.9. The smallest absolute Gasteiger partial charge is 0.272 e. The average molecular weight is 320 g/mol. The molecule has 3 heterocycles. The molecule has 2 atom stereocenters. The Bertz CT molecular complexity index is 598. The number of hydrogen-bond acceptors (Lipinski definition) is 4. The number of ether oxygens (including phenoxy) is 1. The molecule has 23 heavy (non-hydrogen) atoms. The summed E-state index contributed by atoms with van der Waals surface area (Å²) in [4.78, 5) is 28.2. The van der Waals surface area contributed by atoms with E-state index in [2.05, 4.69) is 5.10 Å². The highest BCUT2D eigenvalue weighted by molar-refractivity contribution is 5.92. The first-order valence-electron chi connectivity index (χ1n) is 8.15. The Morgan fingerprint density at radius 3 is 2.91 bits per heavy atom. The fourth-order valence-corrected chi connectivity index (χ4v) is 3.39. The Hall–Kier alpha value is -1.89. The third kappa shape index (κ3) is 3.10. The Kier molecular flexibility index (Phi) is 4.39. The molecule has 1 aromatic rings. The Morgan fingerprint density at radius 2 is 2.17 bits per heavy atom. The second kappa shape index (κ2) is 6.31. The highest BCUT2D eigenvalue weighted by Gasteiger charge is 2.37. The molecule has 0 saturated carbocycles. The van der Waals surface area contributed by atoms with Gasteiger partial charge in [0.1, 0.15) is 12.3 Å². The van der Waals surface area contributed by atoms with Crippen LogP contribution >= 0.6 is 0 Å². The van der Waals surface area contributed by atoms with Crippen molar-refractivity contribution in [3.05, 3.63) is 18.0 Å². The lowest BCUT2D eigenvalue weighted by molar-refractivity contribution is -0.133. The number of hydrogen-bond donors (Lipinski definition) is 0. The van der Waals surface area contributed by atoms with E-state index in [1.165, 1.54) is 0 Å². The zero-order chi connectivity index (χ0) is 16.6. The van der Waals surface area contributed by atoms with E-state index in [0.29, 0.717) is 25.3 Å². The minimum Gasteiger partial charge on any atom is -0.368 e. The monoisotopic (exact) mass is 320 g/mol. The predicted molar refractivity (Wildman–Crippen MR) is 84.0 cm³/mol. The van der Waals surface area contributed by atoms with Gasteiger partial charge in [0.25, 0.3) is 5.91 Å². The van der Waals surface area contributed by atoms with E-state index in [9.17, 15) is 9.59 Å². The second-order valence-corrected chi connectivity index (χ2v) is 6.68. The third-order valence-corrected chi connectivity index (χ3v) is 4.68. The van der Waals surface area contributed by atoms with Gasteiger partial charge in [-0.15, -0.1) is 0 Å². The van der Waals surface area contributed by atoms with Gasteiger partial charge >= 0.3 is 0 Å². The van der Waals surface area contributed by atoms with E-state index >= 15 is 0 Å². The summed E-state index contributed by atoms with van der Waals surface area (Å²) < 4.78 is 7.48. The minimum atomic E-state index is 0.00729. The fourth-order valence-electron chi connectivity index (χ4n) is 3.39. The van der Waals surface area contributed by atoms with Gasteiger partial charge in [-0.1, -0.05) is 0 Å². The molecule has 3 rings (SSSR count). The van der Waals surface area contributed by atoms with Crippen LogP contribution in [0.3, 0.4) is 0 Å². The van der Waals surface area contributed by atoms with E-state index < -0.39 is 0 Å². The van der Waals surface area contributed by atoms with Gasteiger partial charge in [0.2, 0.25) is 5.91 Å². The number of likely N-dealkylation sites (N-methyl/N-ethyl adjacent to an activating group) is 1. The lowest BCUT2D eigenvalue weighted by atomic mass is 9.94. The van der Waals surface area contributed by atoms with Crippen molar-refractivity contribution in [3.63, 3.8) is 0 Å². The van der Waals surface area contributed by atoms with Gasteiger partial charge in [-0.2, -0.15) is 5.10 Å². The molecule has 0 aromatic carbocycles. The van der Waals surface area contributed by atoms with Crippen LogP contribution in [0.25, 0.3) is 0 Å². The second-order valence-electron chi connectivity index (χ2n) is 6.68. The van der Waals surface area contributed by atoms with Crippen molar-refractivity contribution in [2.75, 3.05) is 33.3 Å². The molecule has 7 nitrogen and oxygen atoms in total. The van der Waals surface area contributed by atoms with Gasteiger partial charge in [-0.05, 0) is 26.3 Å². The van der Waals surface area contributed by atoms with Gasteiger partial charge in [0.05, 0.1) is 6.10 Å². The van der Waals surface area contributed by atoms with Gasteiger partial charge in [-0.25, -0.2) is 0 Å². The average Bonchev–Trinajstić information content (AvgIpc) is 2.97. The van der Waals surface area contributed by atoms with Crippen molar-refractivity contribution in [1.29, 1.82) is 0 Å². The lowest BCUT2D eigenvalue weighted by Crippen LogP contribution is -2.49. The summed E-state index contributed by atoms with van der Waals surface area (Å²) in [5.74, 6) is 0.183. The van der Waals surface area contributed by atoms with Crippen molar-refractivity contribution in [1.82, 2.24) is 19.6 Å². The highest BCUT2D eigenvalue weighted by atomic mass is 16.5. The summed E-state index contributed by atoms with van der Waals surface area (Å²) >= 11 is 0. The SMILES string of the molecule is CC(C)n1nccc1C(=O)N1CC[C@@H]2OCC(=O)N(C)C[C@H]2C1. The number of nitrogens with zero attached hydrogens (tertiary/aromatic N) is 4. The van der Waals surface area contributed by atoms with E-state index in [1.807, 2.05) is 18.7 Å². The van der Waals surface area contributed by atoms with E-state index in [4.69, 9.17) is 4.74 Å². The van der Waals surface area contributed by atoms with Gasteiger partial charge in [0, 0.05) is 44.8 Å². The third-order valence-electron chi connectivity index (χ3n) is 4.68. The number of aromatic nitrogens is 2. The van der Waals surface area contributed by atoms with Crippen molar-refractivity contribution in [2.24, 2.45) is 5.92 Å². The van der Waals surface area contributed by atoms with Crippen LogP contribution in [0.15, 0.2) is 12.3 Å². The summed E-state index contributed by atoms with van der Waals surface area (Å²) in [6, 6.07) is 1.92. The summed E-state index contributed by atoms with van der Waals surface area (Å²) in [5.41, 5.74) is 0.623. The molecule has 7 heteroatoms. The molecule has 2 saturated heterocycles. The van der Waals surface area contributed by atoms with Crippen LogP contribution in [0.2, 0.25) is 0 Å². The molecule has 2 fully saturated rings. The zero-order valence-corrected chi connectivity index (χ0v) is 13.9. The molecule has 1 aromatic heterocycles. The Morgan fingerprint density at radius 1 is 1.39 bits per heavy atom. The van der Waals surface area contributed by atoms with E-state index in [-0.39, 0.29) is 36.5 Å². The maximum absolute atomic E-state index is 12.8. The first-order valence-corrected chi connectivity index (χ1v) is 8.15. The van der Waals surface area contributed by atoms with Crippen LogP contribution in [-0.4, -0.2) is 70.8 Å². The number of carbonyl (C=O) groups excluding carboxylic acids is 2. The quantitative estimate of drug-likeness (QED) is 0.808. The molecular formula is C16H24N4O3. The number of amides is 2. The first kappa shape index (κ1) is 16.0.